The lowest BCUT2D eigenvalue weighted by Crippen LogP contribution is -2.37. The number of allylic oxidation sites excluding steroid dienone is 1. The molecule has 1 aromatic rings. The van der Waals surface area contributed by atoms with Crippen molar-refractivity contribution in [3.8, 4) is 5.75 Å². The molecular formula is C20H22N2O5. The van der Waals surface area contributed by atoms with E-state index in [1.165, 1.54) is 12.7 Å². The Morgan fingerprint density at radius 3 is 2.52 bits per heavy atom. The standard InChI is InChI=1S/C20H22N2O5/c1-27-17-10-6-5-9-15(17)16(23)13-22-19(25)18(24)21(20(22)26)12-11-14-7-3-2-4-8-14/h5-7,9-10H,2-4,8,11-13H2,1H3. The highest BCUT2D eigenvalue weighted by molar-refractivity contribution is 6.45. The molecular weight excluding hydrogens is 348 g/mol. The van der Waals surface area contributed by atoms with Gasteiger partial charge in [0.15, 0.2) is 5.78 Å². The van der Waals surface area contributed by atoms with Gasteiger partial charge in [-0.25, -0.2) is 9.69 Å². The number of hydrogen-bond donors (Lipinski definition) is 0. The number of benzene rings is 1. The molecule has 0 bridgehead atoms. The highest BCUT2D eigenvalue weighted by Crippen LogP contribution is 2.23. The van der Waals surface area contributed by atoms with Gasteiger partial charge in [-0.3, -0.25) is 19.3 Å². The monoisotopic (exact) mass is 370 g/mol. The summed E-state index contributed by atoms with van der Waals surface area (Å²) in [4.78, 5) is 51.1. The number of ether oxygens (including phenoxy) is 1. The second-order valence-corrected chi connectivity index (χ2v) is 6.61. The van der Waals surface area contributed by atoms with Gasteiger partial charge in [0.1, 0.15) is 5.75 Å². The van der Waals surface area contributed by atoms with Crippen LogP contribution >= 0.6 is 0 Å². The maximum absolute atomic E-state index is 12.5. The van der Waals surface area contributed by atoms with Crippen molar-refractivity contribution in [3.63, 3.8) is 0 Å². The zero-order valence-electron chi connectivity index (χ0n) is 15.3. The van der Waals surface area contributed by atoms with Gasteiger partial charge in [-0.2, -0.15) is 0 Å². The Labute approximate surface area is 157 Å². The molecule has 1 heterocycles. The number of hydrogen-bond acceptors (Lipinski definition) is 5. The number of carbonyl (C=O) groups excluding carboxylic acids is 4. The first-order valence-electron chi connectivity index (χ1n) is 9.04. The number of methoxy groups -OCH3 is 1. The van der Waals surface area contributed by atoms with Crippen molar-refractivity contribution in [1.29, 1.82) is 0 Å². The minimum atomic E-state index is -0.958. The van der Waals surface area contributed by atoms with Crippen molar-refractivity contribution in [2.75, 3.05) is 20.2 Å². The Morgan fingerprint density at radius 1 is 1.07 bits per heavy atom. The average molecular weight is 370 g/mol. The van der Waals surface area contributed by atoms with Gasteiger partial charge >= 0.3 is 17.8 Å². The number of para-hydroxylation sites is 1. The minimum absolute atomic E-state index is 0.161. The Kier molecular flexibility index (Phi) is 5.69. The van der Waals surface area contributed by atoms with E-state index in [4.69, 9.17) is 4.74 Å². The smallest absolute Gasteiger partial charge is 0.334 e. The molecule has 0 saturated carbocycles. The van der Waals surface area contributed by atoms with Crippen molar-refractivity contribution in [2.24, 2.45) is 0 Å². The number of amides is 4. The first-order valence-corrected chi connectivity index (χ1v) is 9.04. The van der Waals surface area contributed by atoms with E-state index >= 15 is 0 Å². The van der Waals surface area contributed by atoms with Crippen LogP contribution in [-0.2, 0) is 9.59 Å². The van der Waals surface area contributed by atoms with Gasteiger partial charge in [0, 0.05) is 6.54 Å². The average Bonchev–Trinajstić information content (AvgIpc) is 2.90. The Hall–Kier alpha value is -2.96. The van der Waals surface area contributed by atoms with Crippen LogP contribution in [0.3, 0.4) is 0 Å². The van der Waals surface area contributed by atoms with Crippen LogP contribution in [0.15, 0.2) is 35.9 Å². The largest absolute Gasteiger partial charge is 0.496 e. The fourth-order valence-electron chi connectivity index (χ4n) is 3.38. The molecule has 3 rings (SSSR count). The van der Waals surface area contributed by atoms with Crippen LogP contribution in [0.25, 0.3) is 0 Å². The van der Waals surface area contributed by atoms with Crippen LogP contribution in [-0.4, -0.2) is 53.6 Å². The van der Waals surface area contributed by atoms with E-state index in [9.17, 15) is 19.2 Å². The topological polar surface area (TPSA) is 84.0 Å². The number of rotatable bonds is 7. The highest BCUT2D eigenvalue weighted by Gasteiger charge is 2.45. The molecule has 0 atom stereocenters. The summed E-state index contributed by atoms with van der Waals surface area (Å²) in [6, 6.07) is 5.83. The maximum Gasteiger partial charge on any atom is 0.334 e. The van der Waals surface area contributed by atoms with E-state index in [-0.39, 0.29) is 12.1 Å². The Balaban J connectivity index is 1.68. The summed E-state index contributed by atoms with van der Waals surface area (Å²) in [5.74, 6) is -1.93. The first-order chi connectivity index (χ1) is 13.0. The number of Topliss-reactive ketones (excluding diaryl/α,β-unsaturated/α-hetero) is 1. The van der Waals surface area contributed by atoms with Gasteiger partial charge in [-0.1, -0.05) is 23.8 Å². The van der Waals surface area contributed by atoms with Gasteiger partial charge in [-0.05, 0) is 44.2 Å². The fraction of sp³-hybridized carbons (Fsp3) is 0.400. The molecule has 7 nitrogen and oxygen atoms in total. The lowest BCUT2D eigenvalue weighted by Gasteiger charge is -2.17. The van der Waals surface area contributed by atoms with Gasteiger partial charge in [0.2, 0.25) is 0 Å². The van der Waals surface area contributed by atoms with Gasteiger partial charge in [0.25, 0.3) is 0 Å². The second-order valence-electron chi connectivity index (χ2n) is 6.61. The van der Waals surface area contributed by atoms with E-state index < -0.39 is 30.2 Å². The number of imide groups is 2. The van der Waals surface area contributed by atoms with Crippen LogP contribution < -0.4 is 4.74 Å². The summed E-state index contributed by atoms with van der Waals surface area (Å²) < 4.78 is 5.14. The number of carbonyl (C=O) groups is 4. The number of urea groups is 1. The zero-order valence-corrected chi connectivity index (χ0v) is 15.3. The lowest BCUT2D eigenvalue weighted by atomic mass is 9.97. The van der Waals surface area contributed by atoms with Crippen molar-refractivity contribution >= 4 is 23.6 Å². The summed E-state index contributed by atoms with van der Waals surface area (Å²) in [5.41, 5.74) is 1.47. The van der Waals surface area contributed by atoms with Gasteiger partial charge in [0.05, 0.1) is 19.2 Å². The normalized spacial score (nSPS) is 17.4. The van der Waals surface area contributed by atoms with E-state index in [1.54, 1.807) is 24.3 Å². The fourth-order valence-corrected chi connectivity index (χ4v) is 3.38. The van der Waals surface area contributed by atoms with E-state index in [2.05, 4.69) is 6.08 Å². The summed E-state index contributed by atoms with van der Waals surface area (Å²) in [7, 11) is 1.43. The van der Waals surface area contributed by atoms with Crippen molar-refractivity contribution in [1.82, 2.24) is 9.80 Å². The first kappa shape index (κ1) is 18.8. The maximum atomic E-state index is 12.5. The summed E-state index contributed by atoms with van der Waals surface area (Å²) >= 11 is 0. The molecule has 1 fully saturated rings. The third-order valence-corrected chi connectivity index (χ3v) is 4.89. The second kappa shape index (κ2) is 8.16. The molecule has 7 heteroatoms. The van der Waals surface area contributed by atoms with E-state index in [1.807, 2.05) is 0 Å². The molecule has 27 heavy (non-hydrogen) atoms. The lowest BCUT2D eigenvalue weighted by molar-refractivity contribution is -0.143. The molecule has 2 aliphatic rings. The molecule has 1 aliphatic heterocycles. The van der Waals surface area contributed by atoms with Gasteiger partial charge < -0.3 is 4.74 Å². The molecule has 0 aromatic heterocycles. The van der Waals surface area contributed by atoms with Crippen LogP contribution in [0.5, 0.6) is 5.75 Å². The highest BCUT2D eigenvalue weighted by atomic mass is 16.5. The number of nitrogens with zero attached hydrogens (tertiary/aromatic N) is 2. The SMILES string of the molecule is COc1ccccc1C(=O)CN1C(=O)C(=O)N(CCC2=CCCCC2)C1=O. The Morgan fingerprint density at radius 2 is 1.81 bits per heavy atom. The van der Waals surface area contributed by atoms with Crippen LogP contribution in [0, 0.1) is 0 Å². The minimum Gasteiger partial charge on any atom is -0.496 e. The molecule has 4 amide bonds. The predicted octanol–water partition coefficient (Wildman–Crippen LogP) is 2.56. The molecule has 0 spiro atoms. The van der Waals surface area contributed by atoms with Crippen molar-refractivity contribution < 1.29 is 23.9 Å². The summed E-state index contributed by atoms with van der Waals surface area (Å²) in [5, 5.41) is 0. The quantitative estimate of drug-likeness (QED) is 0.319. The van der Waals surface area contributed by atoms with Crippen LogP contribution in [0.4, 0.5) is 4.79 Å². The third kappa shape index (κ3) is 3.92. The zero-order chi connectivity index (χ0) is 19.4. The molecule has 0 N–H and O–H groups in total. The predicted molar refractivity (Wildman–Crippen MR) is 97.3 cm³/mol. The molecule has 142 valence electrons. The van der Waals surface area contributed by atoms with Crippen molar-refractivity contribution in [3.05, 3.63) is 41.5 Å². The summed E-state index contributed by atoms with van der Waals surface area (Å²) in [6.07, 6.45) is 6.93. The third-order valence-electron chi connectivity index (χ3n) is 4.89. The summed E-state index contributed by atoms with van der Waals surface area (Å²) in [6.45, 7) is -0.322. The molecule has 0 unspecified atom stereocenters. The van der Waals surface area contributed by atoms with Gasteiger partial charge in [-0.15, -0.1) is 0 Å². The van der Waals surface area contributed by atoms with E-state index in [0.717, 1.165) is 30.6 Å². The Bertz CT molecular complexity index is 814. The molecule has 1 saturated heterocycles. The number of ketones is 1. The molecule has 1 aliphatic carbocycles. The van der Waals surface area contributed by atoms with E-state index in [0.29, 0.717) is 17.1 Å². The molecule has 0 radical (unpaired) electrons. The van der Waals surface area contributed by atoms with Crippen LogP contribution in [0.2, 0.25) is 0 Å². The van der Waals surface area contributed by atoms with Crippen molar-refractivity contribution in [2.45, 2.75) is 32.1 Å². The van der Waals surface area contributed by atoms with Crippen LogP contribution in [0.1, 0.15) is 42.5 Å². The molecule has 1 aromatic carbocycles.